The maximum absolute atomic E-state index is 10.3. The van der Waals surface area contributed by atoms with E-state index < -0.39 is 5.60 Å². The van der Waals surface area contributed by atoms with E-state index in [-0.39, 0.29) is 24.0 Å². The van der Waals surface area contributed by atoms with Gasteiger partial charge in [-0.3, -0.25) is 9.89 Å². The van der Waals surface area contributed by atoms with Gasteiger partial charge in [-0.2, -0.15) is 0 Å². The third kappa shape index (κ3) is 5.97. The molecule has 5 nitrogen and oxygen atoms in total. The molecule has 0 bridgehead atoms. The minimum absolute atomic E-state index is 0. The normalized spacial score (nSPS) is 20.3. The zero-order valence-corrected chi connectivity index (χ0v) is 18.5. The molecule has 1 saturated carbocycles. The van der Waals surface area contributed by atoms with Gasteiger partial charge in [0.05, 0.1) is 12.1 Å². The van der Waals surface area contributed by atoms with Gasteiger partial charge in [-0.25, -0.2) is 0 Å². The van der Waals surface area contributed by atoms with Crippen LogP contribution in [0.3, 0.4) is 0 Å². The van der Waals surface area contributed by atoms with Gasteiger partial charge in [-0.1, -0.05) is 23.7 Å². The van der Waals surface area contributed by atoms with Crippen LogP contribution < -0.4 is 5.32 Å². The summed E-state index contributed by atoms with van der Waals surface area (Å²) < 4.78 is 0. The maximum atomic E-state index is 10.3. The van der Waals surface area contributed by atoms with Crippen molar-refractivity contribution in [2.24, 2.45) is 4.99 Å². The fraction of sp³-hybridized carbons (Fsp3) is 0.632. The quantitative estimate of drug-likeness (QED) is 0.377. The monoisotopic (exact) mass is 492 g/mol. The Bertz CT molecular complexity index is 584. The smallest absolute Gasteiger partial charge is 0.194 e. The van der Waals surface area contributed by atoms with E-state index in [1.54, 1.807) is 0 Å². The molecule has 1 heterocycles. The minimum Gasteiger partial charge on any atom is -0.388 e. The van der Waals surface area contributed by atoms with Gasteiger partial charge in [-0.05, 0) is 43.9 Å². The molecule has 26 heavy (non-hydrogen) atoms. The van der Waals surface area contributed by atoms with Gasteiger partial charge in [0.15, 0.2) is 5.96 Å². The number of benzene rings is 1. The number of piperazine rings is 1. The molecule has 0 unspecified atom stereocenters. The third-order valence-corrected chi connectivity index (χ3v) is 5.39. The fourth-order valence-electron chi connectivity index (χ4n) is 3.36. The number of guanidine groups is 1. The van der Waals surface area contributed by atoms with Crippen molar-refractivity contribution >= 4 is 41.5 Å². The summed E-state index contributed by atoms with van der Waals surface area (Å²) in [6.45, 7) is 8.34. The van der Waals surface area contributed by atoms with E-state index >= 15 is 0 Å². The van der Waals surface area contributed by atoms with Crippen molar-refractivity contribution in [1.82, 2.24) is 15.1 Å². The summed E-state index contributed by atoms with van der Waals surface area (Å²) in [5.41, 5.74) is 0.738. The molecule has 0 atom stereocenters. The van der Waals surface area contributed by atoms with Gasteiger partial charge in [0.1, 0.15) is 0 Å². The molecule has 1 aliphatic heterocycles. The Morgan fingerprint density at radius 3 is 2.38 bits per heavy atom. The predicted molar refractivity (Wildman–Crippen MR) is 118 cm³/mol. The van der Waals surface area contributed by atoms with Crippen molar-refractivity contribution in [2.45, 2.75) is 38.3 Å². The van der Waals surface area contributed by atoms with Gasteiger partial charge < -0.3 is 15.3 Å². The number of hydrogen-bond acceptors (Lipinski definition) is 3. The van der Waals surface area contributed by atoms with Gasteiger partial charge in [0.2, 0.25) is 0 Å². The SMILES string of the molecule is CCNC(=NCC1(O)CCC1)N1CCN(Cc2ccc(Cl)cc2)CC1.I. The van der Waals surface area contributed by atoms with Gasteiger partial charge in [0.25, 0.3) is 0 Å². The number of nitrogens with one attached hydrogen (secondary N) is 1. The first-order valence-corrected chi connectivity index (χ1v) is 9.68. The summed E-state index contributed by atoms with van der Waals surface area (Å²) in [5, 5.41) is 14.4. The van der Waals surface area contributed by atoms with E-state index in [2.05, 4.69) is 34.2 Å². The first-order valence-electron chi connectivity index (χ1n) is 9.30. The molecule has 1 aromatic rings. The molecule has 0 radical (unpaired) electrons. The van der Waals surface area contributed by atoms with Crippen LogP contribution in [0.4, 0.5) is 0 Å². The minimum atomic E-state index is -0.558. The van der Waals surface area contributed by atoms with Crippen LogP contribution in [0.25, 0.3) is 0 Å². The predicted octanol–water partition coefficient (Wildman–Crippen LogP) is 2.96. The van der Waals surface area contributed by atoms with Crippen LogP contribution in [0.15, 0.2) is 29.3 Å². The summed E-state index contributed by atoms with van der Waals surface area (Å²) in [6.07, 6.45) is 2.88. The van der Waals surface area contributed by atoms with Crippen molar-refractivity contribution in [3.05, 3.63) is 34.9 Å². The molecule has 1 saturated heterocycles. The van der Waals surface area contributed by atoms with E-state index in [4.69, 9.17) is 16.6 Å². The molecule has 0 aromatic heterocycles. The van der Waals surface area contributed by atoms with Crippen molar-refractivity contribution in [3.8, 4) is 0 Å². The highest BCUT2D eigenvalue weighted by atomic mass is 127. The third-order valence-electron chi connectivity index (χ3n) is 5.13. The zero-order valence-electron chi connectivity index (χ0n) is 15.5. The molecule has 3 rings (SSSR count). The first-order chi connectivity index (χ1) is 12.1. The van der Waals surface area contributed by atoms with Gasteiger partial charge in [-0.15, -0.1) is 24.0 Å². The summed E-state index contributed by atoms with van der Waals surface area (Å²) in [5.74, 6) is 0.939. The lowest BCUT2D eigenvalue weighted by Crippen LogP contribution is -2.52. The lowest BCUT2D eigenvalue weighted by atomic mass is 9.80. The fourth-order valence-corrected chi connectivity index (χ4v) is 3.48. The Kier molecular flexibility index (Phi) is 8.44. The van der Waals surface area contributed by atoms with Crippen LogP contribution >= 0.6 is 35.6 Å². The lowest BCUT2D eigenvalue weighted by Gasteiger charge is -2.38. The molecule has 2 N–H and O–H groups in total. The summed E-state index contributed by atoms with van der Waals surface area (Å²) in [7, 11) is 0. The largest absolute Gasteiger partial charge is 0.388 e. The highest BCUT2D eigenvalue weighted by Crippen LogP contribution is 2.31. The number of hydrogen-bond donors (Lipinski definition) is 2. The molecule has 1 aliphatic carbocycles. The van der Waals surface area contributed by atoms with Crippen LogP contribution in [0.1, 0.15) is 31.7 Å². The van der Waals surface area contributed by atoms with Crippen LogP contribution in [0.5, 0.6) is 0 Å². The van der Waals surface area contributed by atoms with E-state index in [9.17, 15) is 5.11 Å². The molecule has 0 amide bonds. The van der Waals surface area contributed by atoms with Crippen molar-refractivity contribution in [1.29, 1.82) is 0 Å². The van der Waals surface area contributed by atoms with Gasteiger partial charge in [0, 0.05) is 44.3 Å². The Morgan fingerprint density at radius 1 is 1.19 bits per heavy atom. The highest BCUT2D eigenvalue weighted by molar-refractivity contribution is 14.0. The van der Waals surface area contributed by atoms with Gasteiger partial charge >= 0.3 is 0 Å². The molecule has 0 spiro atoms. The molecule has 1 aromatic carbocycles. The number of rotatable bonds is 5. The van der Waals surface area contributed by atoms with E-state index in [0.29, 0.717) is 6.54 Å². The second-order valence-corrected chi connectivity index (χ2v) is 7.57. The van der Waals surface area contributed by atoms with E-state index in [1.807, 2.05) is 12.1 Å². The van der Waals surface area contributed by atoms with Crippen LogP contribution in [0, 0.1) is 0 Å². The topological polar surface area (TPSA) is 51.1 Å². The second-order valence-electron chi connectivity index (χ2n) is 7.14. The van der Waals surface area contributed by atoms with Crippen LogP contribution in [-0.4, -0.2) is 65.7 Å². The number of aliphatic hydroxyl groups is 1. The maximum Gasteiger partial charge on any atom is 0.194 e. The van der Waals surface area contributed by atoms with Crippen molar-refractivity contribution < 1.29 is 5.11 Å². The second kappa shape index (κ2) is 10.1. The zero-order chi connectivity index (χ0) is 17.7. The molecule has 7 heteroatoms. The standard InChI is InChI=1S/C19H29ClN4O.HI/c1-2-21-18(22-15-19(25)8-3-9-19)24-12-10-23(11-13-24)14-16-4-6-17(20)7-5-16;/h4-7,25H,2-3,8-15H2,1H3,(H,21,22);1H. The Balaban J connectivity index is 0.00000243. The average Bonchev–Trinajstić information content (AvgIpc) is 2.60. The summed E-state index contributed by atoms with van der Waals surface area (Å²) in [6, 6.07) is 8.10. The van der Waals surface area contributed by atoms with Crippen LogP contribution in [0.2, 0.25) is 5.02 Å². The van der Waals surface area contributed by atoms with Crippen LogP contribution in [-0.2, 0) is 6.54 Å². The van der Waals surface area contributed by atoms with E-state index in [1.165, 1.54) is 5.56 Å². The van der Waals surface area contributed by atoms with E-state index in [0.717, 1.165) is 69.5 Å². The van der Waals surface area contributed by atoms with Crippen molar-refractivity contribution in [2.75, 3.05) is 39.3 Å². The first kappa shape index (κ1) is 21.7. The summed E-state index contributed by atoms with van der Waals surface area (Å²) >= 11 is 5.96. The lowest BCUT2D eigenvalue weighted by molar-refractivity contribution is -0.0238. The molecular formula is C19H30ClIN4O. The number of aliphatic imine (C=N–C) groups is 1. The Labute approximate surface area is 178 Å². The summed E-state index contributed by atoms with van der Waals surface area (Å²) in [4.78, 5) is 9.47. The van der Waals surface area contributed by atoms with Crippen molar-refractivity contribution in [3.63, 3.8) is 0 Å². The highest BCUT2D eigenvalue weighted by Gasteiger charge is 2.34. The Morgan fingerprint density at radius 2 is 1.85 bits per heavy atom. The Hall–Kier alpha value is -0.570. The number of nitrogens with zero attached hydrogens (tertiary/aromatic N) is 3. The number of halogens is 2. The molecule has 146 valence electrons. The molecule has 2 aliphatic rings. The molecular weight excluding hydrogens is 463 g/mol. The molecule has 2 fully saturated rings. The average molecular weight is 493 g/mol.